The molecule has 0 aromatic heterocycles. The Bertz CT molecular complexity index is 637. The fourth-order valence-corrected chi connectivity index (χ4v) is 0.883. The largest absolute Gasteiger partial charge is 0.480 e. The molecule has 3 N–H and O–H groups in total. The van der Waals surface area contributed by atoms with Crippen LogP contribution in [-0.2, 0) is 19.1 Å². The summed E-state index contributed by atoms with van der Waals surface area (Å²) in [5.74, 6) is -2.07. The Morgan fingerprint density at radius 3 is 1.52 bits per heavy atom. The van der Waals surface area contributed by atoms with Gasteiger partial charge in [-0.05, 0) is 33.6 Å². The maximum Gasteiger partial charge on any atom is 0.338 e. The van der Waals surface area contributed by atoms with Gasteiger partial charge >= 0.3 is 17.9 Å². The Labute approximate surface area is 158 Å². The minimum atomic E-state index is -0.931. The van der Waals surface area contributed by atoms with Gasteiger partial charge in [-0.15, -0.1) is 0 Å². The molecule has 0 fully saturated rings. The van der Waals surface area contributed by atoms with E-state index in [9.17, 15) is 14.4 Å². The summed E-state index contributed by atoms with van der Waals surface area (Å²) < 4.78 is 3.97. The van der Waals surface area contributed by atoms with E-state index in [4.69, 9.17) is 21.4 Å². The summed E-state index contributed by atoms with van der Waals surface area (Å²) in [5.41, 5.74) is 3.48. The number of cyclic esters (lactones) is 2. The van der Waals surface area contributed by atoms with Crippen LogP contribution in [0.15, 0.2) is 22.4 Å². The standard InChI is InChI=1S/C8H12N4.C5H11NO2.C4H2O3/c1-7(2,5-9)11-12-8(3,4)6-10;1-3(2)4(6)5(7)8;5-3-1-2-4(6)7-3/h1-4H3;3-4H,6H2,1-2H3,(H,7,8);1-2H/b12-11+;;/t;4-;/m.0./s1. The van der Waals surface area contributed by atoms with E-state index in [0.717, 1.165) is 12.2 Å². The highest BCUT2D eigenvalue weighted by molar-refractivity contribution is 6.04. The lowest BCUT2D eigenvalue weighted by Crippen LogP contribution is -2.34. The van der Waals surface area contributed by atoms with Gasteiger partial charge in [-0.3, -0.25) is 4.79 Å². The predicted octanol–water partition coefficient (Wildman–Crippen LogP) is 1.72. The molecule has 10 nitrogen and oxygen atoms in total. The summed E-state index contributed by atoms with van der Waals surface area (Å²) in [4.78, 5) is 29.9. The number of hydrogen-bond acceptors (Lipinski definition) is 9. The number of nitriles is 2. The molecule has 0 amide bonds. The number of azo groups is 1. The summed E-state index contributed by atoms with van der Waals surface area (Å²) in [7, 11) is 0. The second kappa shape index (κ2) is 11.5. The van der Waals surface area contributed by atoms with Crippen LogP contribution in [0.5, 0.6) is 0 Å². The van der Waals surface area contributed by atoms with Gasteiger partial charge in [0.15, 0.2) is 11.1 Å². The van der Waals surface area contributed by atoms with E-state index in [2.05, 4.69) is 15.0 Å². The number of rotatable bonds is 4. The van der Waals surface area contributed by atoms with Crippen molar-refractivity contribution >= 4 is 17.9 Å². The van der Waals surface area contributed by atoms with Gasteiger partial charge in [0, 0.05) is 12.2 Å². The number of carboxylic acid groups (broad SMARTS) is 1. The van der Waals surface area contributed by atoms with Crippen molar-refractivity contribution < 1.29 is 24.2 Å². The molecule has 0 spiro atoms. The lowest BCUT2D eigenvalue weighted by molar-refractivity contribution is -0.150. The van der Waals surface area contributed by atoms with Crippen LogP contribution >= 0.6 is 0 Å². The van der Waals surface area contributed by atoms with E-state index in [1.165, 1.54) is 0 Å². The Hall–Kier alpha value is -3.11. The quantitative estimate of drug-likeness (QED) is 0.421. The smallest absolute Gasteiger partial charge is 0.338 e. The first kappa shape index (κ1) is 26.1. The molecule has 1 aliphatic rings. The van der Waals surface area contributed by atoms with E-state index in [-0.39, 0.29) is 5.92 Å². The second-order valence-electron chi connectivity index (χ2n) is 6.72. The molecular weight excluding hydrogens is 354 g/mol. The maximum absolute atomic E-state index is 10.0. The Balaban J connectivity index is 0. The molecule has 148 valence electrons. The van der Waals surface area contributed by atoms with Crippen LogP contribution in [0.1, 0.15) is 41.5 Å². The molecule has 0 aliphatic carbocycles. The average molecular weight is 379 g/mol. The number of hydrogen-bond donors (Lipinski definition) is 2. The van der Waals surface area contributed by atoms with Crippen LogP contribution in [0, 0.1) is 28.6 Å². The zero-order valence-electron chi connectivity index (χ0n) is 16.3. The van der Waals surface area contributed by atoms with Crippen LogP contribution in [0.25, 0.3) is 0 Å². The third-order valence-electron chi connectivity index (χ3n) is 2.66. The zero-order chi connectivity index (χ0) is 21.8. The van der Waals surface area contributed by atoms with Crippen molar-refractivity contribution in [1.82, 2.24) is 0 Å². The predicted molar refractivity (Wildman–Crippen MR) is 94.9 cm³/mol. The minimum absolute atomic E-state index is 0.0208. The van der Waals surface area contributed by atoms with Gasteiger partial charge in [-0.2, -0.15) is 20.8 Å². The minimum Gasteiger partial charge on any atom is -0.480 e. The maximum atomic E-state index is 10.0. The summed E-state index contributed by atoms with van der Waals surface area (Å²) in [6, 6.07) is 3.22. The van der Waals surface area contributed by atoms with Crippen LogP contribution in [-0.4, -0.2) is 40.1 Å². The second-order valence-corrected chi connectivity index (χ2v) is 6.72. The average Bonchev–Trinajstić information content (AvgIpc) is 2.96. The number of ether oxygens (including phenoxy) is 1. The van der Waals surface area contributed by atoms with Crippen LogP contribution in [0.2, 0.25) is 0 Å². The van der Waals surface area contributed by atoms with Crippen molar-refractivity contribution in [1.29, 1.82) is 10.5 Å². The molecule has 1 heterocycles. The number of aliphatic carboxylic acids is 1. The van der Waals surface area contributed by atoms with Crippen molar-refractivity contribution in [3.05, 3.63) is 12.2 Å². The SMILES string of the molecule is CC(C)(C#N)/N=N/C(C)(C)C#N.CC(C)[C@H](N)C(=O)O.O=C1C=CC(=O)O1. The molecule has 1 rings (SSSR count). The summed E-state index contributed by atoms with van der Waals surface area (Å²) >= 11 is 0. The van der Waals surface area contributed by atoms with Gasteiger partial charge in [0.1, 0.15) is 6.04 Å². The highest BCUT2D eigenvalue weighted by Gasteiger charge is 2.19. The molecule has 0 saturated carbocycles. The van der Waals surface area contributed by atoms with Gasteiger partial charge in [0.05, 0.1) is 12.1 Å². The van der Waals surface area contributed by atoms with Gasteiger partial charge in [0.25, 0.3) is 0 Å². The zero-order valence-corrected chi connectivity index (χ0v) is 16.3. The number of carbonyl (C=O) groups excluding carboxylic acids is 2. The number of nitrogens with zero attached hydrogens (tertiary/aromatic N) is 4. The van der Waals surface area contributed by atoms with Crippen LogP contribution in [0.4, 0.5) is 0 Å². The van der Waals surface area contributed by atoms with Crippen molar-refractivity contribution in [2.24, 2.45) is 21.9 Å². The molecule has 0 saturated heterocycles. The fourth-order valence-electron chi connectivity index (χ4n) is 0.883. The molecule has 10 heteroatoms. The van der Waals surface area contributed by atoms with E-state index >= 15 is 0 Å². The third-order valence-corrected chi connectivity index (χ3v) is 2.66. The first-order chi connectivity index (χ1) is 12.2. The molecule has 27 heavy (non-hydrogen) atoms. The molecule has 1 aliphatic heterocycles. The molecule has 0 unspecified atom stereocenters. The molecule has 1 atom stereocenters. The molecule has 0 aromatic rings. The fraction of sp³-hybridized carbons (Fsp3) is 0.588. The lowest BCUT2D eigenvalue weighted by Gasteiger charge is -2.11. The van der Waals surface area contributed by atoms with Gasteiger partial charge in [0.2, 0.25) is 0 Å². The first-order valence-corrected chi connectivity index (χ1v) is 7.86. The van der Waals surface area contributed by atoms with E-state index < -0.39 is 35.0 Å². The Morgan fingerprint density at radius 2 is 1.41 bits per heavy atom. The Morgan fingerprint density at radius 1 is 1.07 bits per heavy atom. The van der Waals surface area contributed by atoms with E-state index in [0.29, 0.717) is 0 Å². The van der Waals surface area contributed by atoms with Crippen LogP contribution < -0.4 is 5.73 Å². The number of carbonyl (C=O) groups is 3. The highest BCUT2D eigenvalue weighted by Crippen LogP contribution is 2.13. The van der Waals surface area contributed by atoms with E-state index in [1.807, 2.05) is 12.1 Å². The van der Waals surface area contributed by atoms with Crippen molar-refractivity contribution in [3.63, 3.8) is 0 Å². The Kier molecular flexibility index (Phi) is 11.1. The molecule has 0 aromatic carbocycles. The molecule has 0 bridgehead atoms. The summed E-state index contributed by atoms with van der Waals surface area (Å²) in [6.07, 6.45) is 2.17. The number of nitrogens with two attached hydrogens (primary N) is 1. The van der Waals surface area contributed by atoms with Gasteiger partial charge in [-0.1, -0.05) is 13.8 Å². The topological polar surface area (TPSA) is 179 Å². The van der Waals surface area contributed by atoms with Gasteiger partial charge < -0.3 is 15.6 Å². The number of esters is 2. The third kappa shape index (κ3) is 13.8. The van der Waals surface area contributed by atoms with Crippen molar-refractivity contribution in [2.45, 2.75) is 58.7 Å². The highest BCUT2D eigenvalue weighted by atomic mass is 16.6. The van der Waals surface area contributed by atoms with Gasteiger partial charge in [-0.25, -0.2) is 9.59 Å². The monoisotopic (exact) mass is 379 g/mol. The first-order valence-electron chi connectivity index (χ1n) is 7.86. The van der Waals surface area contributed by atoms with Crippen molar-refractivity contribution in [2.75, 3.05) is 0 Å². The summed E-state index contributed by atoms with van der Waals surface area (Å²) in [6.45, 7) is 10.1. The number of carboxylic acids is 1. The molecule has 0 radical (unpaired) electrons. The summed E-state index contributed by atoms with van der Waals surface area (Å²) in [5, 5.41) is 32.9. The van der Waals surface area contributed by atoms with Crippen LogP contribution in [0.3, 0.4) is 0 Å². The normalized spacial score (nSPS) is 14.3. The lowest BCUT2D eigenvalue weighted by atomic mass is 10.1. The van der Waals surface area contributed by atoms with Crippen molar-refractivity contribution in [3.8, 4) is 12.1 Å². The molecular formula is C17H25N5O5. The van der Waals surface area contributed by atoms with E-state index in [1.54, 1.807) is 41.5 Å².